The van der Waals surface area contributed by atoms with Gasteiger partial charge in [-0.15, -0.1) is 0 Å². The van der Waals surface area contributed by atoms with Gasteiger partial charge in [-0.1, -0.05) is 17.7 Å². The Morgan fingerprint density at radius 3 is 2.18 bits per heavy atom. The standard InChI is InChI=1S/C7H9NO2S/c1-6-2-4-7(5-3-6)8-11(9)10/h2-5,11H,1H3,(H,8,9,10). The number of thiol groups is 1. The predicted molar refractivity (Wildman–Crippen MR) is 45.1 cm³/mol. The van der Waals surface area contributed by atoms with Crippen molar-refractivity contribution in [2.75, 3.05) is 4.72 Å². The lowest BCUT2D eigenvalue weighted by Gasteiger charge is -1.97. The Hall–Kier alpha value is -1.03. The molecule has 0 aromatic heterocycles. The maximum atomic E-state index is 10.2. The molecule has 60 valence electrons. The third-order valence-corrected chi connectivity index (χ3v) is 1.71. The first kappa shape index (κ1) is 8.07. The molecule has 0 unspecified atom stereocenters. The average molecular weight is 171 g/mol. The van der Waals surface area contributed by atoms with Crippen LogP contribution in [0.25, 0.3) is 0 Å². The van der Waals surface area contributed by atoms with E-state index in [1.807, 2.05) is 19.1 Å². The van der Waals surface area contributed by atoms with Crippen LogP contribution >= 0.6 is 0 Å². The van der Waals surface area contributed by atoms with E-state index in [-0.39, 0.29) is 0 Å². The molecule has 1 N–H and O–H groups in total. The molecule has 1 aromatic carbocycles. The van der Waals surface area contributed by atoms with E-state index in [2.05, 4.69) is 4.72 Å². The quantitative estimate of drug-likeness (QED) is 0.650. The first-order valence-electron chi connectivity index (χ1n) is 3.16. The Bertz CT molecular complexity index is 295. The lowest BCUT2D eigenvalue weighted by molar-refractivity contribution is 0.619. The van der Waals surface area contributed by atoms with Gasteiger partial charge in [0.05, 0.1) is 0 Å². The van der Waals surface area contributed by atoms with E-state index >= 15 is 0 Å². The van der Waals surface area contributed by atoms with E-state index < -0.39 is 10.9 Å². The highest BCUT2D eigenvalue weighted by molar-refractivity contribution is 7.73. The van der Waals surface area contributed by atoms with Crippen LogP contribution < -0.4 is 4.72 Å². The van der Waals surface area contributed by atoms with Gasteiger partial charge in [-0.05, 0) is 19.1 Å². The zero-order valence-corrected chi connectivity index (χ0v) is 6.97. The summed E-state index contributed by atoms with van der Waals surface area (Å²) in [5, 5.41) is 0. The molecule has 11 heavy (non-hydrogen) atoms. The second-order valence-corrected chi connectivity index (χ2v) is 2.97. The molecular weight excluding hydrogens is 162 g/mol. The van der Waals surface area contributed by atoms with Gasteiger partial charge in [0.25, 0.3) is 0 Å². The van der Waals surface area contributed by atoms with Crippen molar-refractivity contribution in [2.45, 2.75) is 6.92 Å². The highest BCUT2D eigenvalue weighted by Gasteiger charge is 1.89. The number of nitrogens with one attached hydrogen (secondary N) is 1. The van der Waals surface area contributed by atoms with Crippen LogP contribution in [-0.4, -0.2) is 8.42 Å². The molecule has 0 aliphatic carbocycles. The van der Waals surface area contributed by atoms with Gasteiger partial charge in [0.15, 0.2) is 0 Å². The molecule has 0 spiro atoms. The van der Waals surface area contributed by atoms with Crippen LogP contribution in [0.1, 0.15) is 5.56 Å². The molecule has 0 atom stereocenters. The summed E-state index contributed by atoms with van der Waals surface area (Å²) < 4.78 is 22.6. The summed E-state index contributed by atoms with van der Waals surface area (Å²) in [5.41, 5.74) is 1.71. The van der Waals surface area contributed by atoms with E-state index in [9.17, 15) is 8.42 Å². The van der Waals surface area contributed by atoms with Gasteiger partial charge in [-0.25, -0.2) is 8.42 Å². The Labute approximate surface area is 67.1 Å². The smallest absolute Gasteiger partial charge is 0.222 e. The highest BCUT2D eigenvalue weighted by Crippen LogP contribution is 2.07. The van der Waals surface area contributed by atoms with Crippen molar-refractivity contribution in [3.8, 4) is 0 Å². The summed E-state index contributed by atoms with van der Waals surface area (Å²) in [6, 6.07) is 7.14. The summed E-state index contributed by atoms with van der Waals surface area (Å²) in [5.74, 6) is 0. The summed E-state index contributed by atoms with van der Waals surface area (Å²) in [6.45, 7) is 1.95. The number of aryl methyl sites for hydroxylation is 1. The third-order valence-electron chi connectivity index (χ3n) is 1.27. The number of rotatable bonds is 2. The molecule has 4 heteroatoms. The van der Waals surface area contributed by atoms with Crippen molar-refractivity contribution in [2.24, 2.45) is 0 Å². The summed E-state index contributed by atoms with van der Waals surface area (Å²) in [6.07, 6.45) is 0. The first-order valence-corrected chi connectivity index (χ1v) is 4.34. The minimum Gasteiger partial charge on any atom is -0.286 e. The lowest BCUT2D eigenvalue weighted by atomic mass is 10.2. The van der Waals surface area contributed by atoms with Gasteiger partial charge >= 0.3 is 0 Å². The number of hydrogen-bond donors (Lipinski definition) is 2. The van der Waals surface area contributed by atoms with E-state index in [4.69, 9.17) is 0 Å². The Kier molecular flexibility index (Phi) is 2.48. The summed E-state index contributed by atoms with van der Waals surface area (Å²) in [4.78, 5) is 0. The van der Waals surface area contributed by atoms with Crippen LogP contribution in [-0.2, 0) is 10.9 Å². The van der Waals surface area contributed by atoms with Crippen molar-refractivity contribution in [3.05, 3.63) is 29.8 Å². The van der Waals surface area contributed by atoms with Gasteiger partial charge in [-0.2, -0.15) is 0 Å². The van der Waals surface area contributed by atoms with Crippen LogP contribution in [0, 0.1) is 6.92 Å². The molecular formula is C7H9NO2S. The minimum atomic E-state index is -2.54. The molecule has 0 saturated heterocycles. The maximum Gasteiger partial charge on any atom is 0.222 e. The molecule has 0 saturated carbocycles. The van der Waals surface area contributed by atoms with Crippen LogP contribution in [0.3, 0.4) is 0 Å². The van der Waals surface area contributed by atoms with E-state index in [0.717, 1.165) is 5.56 Å². The van der Waals surface area contributed by atoms with E-state index in [0.29, 0.717) is 5.69 Å². The fourth-order valence-corrected chi connectivity index (χ4v) is 1.09. The normalized spacial score (nSPS) is 10.0. The molecule has 0 fully saturated rings. The number of hydrogen-bond acceptors (Lipinski definition) is 2. The van der Waals surface area contributed by atoms with Crippen LogP contribution in [0.4, 0.5) is 5.69 Å². The first-order chi connectivity index (χ1) is 5.18. The monoisotopic (exact) mass is 171 g/mol. The van der Waals surface area contributed by atoms with Gasteiger partial charge in [-0.3, -0.25) is 4.72 Å². The number of anilines is 1. The maximum absolute atomic E-state index is 10.2. The van der Waals surface area contributed by atoms with Crippen molar-refractivity contribution < 1.29 is 8.42 Å². The fourth-order valence-electron chi connectivity index (χ4n) is 0.734. The Morgan fingerprint density at radius 1 is 1.18 bits per heavy atom. The Morgan fingerprint density at radius 2 is 1.73 bits per heavy atom. The largest absolute Gasteiger partial charge is 0.286 e. The Balaban J connectivity index is 2.82. The summed E-state index contributed by atoms with van der Waals surface area (Å²) >= 11 is 0. The summed E-state index contributed by atoms with van der Waals surface area (Å²) in [7, 11) is -2.54. The molecule has 0 radical (unpaired) electrons. The van der Waals surface area contributed by atoms with Gasteiger partial charge in [0, 0.05) is 5.69 Å². The van der Waals surface area contributed by atoms with E-state index in [1.54, 1.807) is 12.1 Å². The topological polar surface area (TPSA) is 46.2 Å². The van der Waals surface area contributed by atoms with Crippen molar-refractivity contribution in [1.29, 1.82) is 0 Å². The fraction of sp³-hybridized carbons (Fsp3) is 0.143. The van der Waals surface area contributed by atoms with Crippen molar-refractivity contribution >= 4 is 16.6 Å². The third kappa shape index (κ3) is 2.59. The number of benzene rings is 1. The molecule has 0 heterocycles. The molecule has 0 amide bonds. The SMILES string of the molecule is Cc1ccc(N[SH](=O)=O)cc1. The molecule has 3 nitrogen and oxygen atoms in total. The molecule has 0 aliphatic heterocycles. The van der Waals surface area contributed by atoms with Crippen LogP contribution in [0.5, 0.6) is 0 Å². The van der Waals surface area contributed by atoms with Gasteiger partial charge in [0.2, 0.25) is 10.9 Å². The zero-order chi connectivity index (χ0) is 8.27. The van der Waals surface area contributed by atoms with Crippen molar-refractivity contribution in [1.82, 2.24) is 0 Å². The molecule has 0 bridgehead atoms. The van der Waals surface area contributed by atoms with Gasteiger partial charge < -0.3 is 0 Å². The lowest BCUT2D eigenvalue weighted by Crippen LogP contribution is -1.93. The molecule has 0 aliphatic rings. The minimum absolute atomic E-state index is 0.603. The average Bonchev–Trinajstić information content (AvgIpc) is 1.93. The molecule has 1 rings (SSSR count). The van der Waals surface area contributed by atoms with E-state index in [1.165, 1.54) is 0 Å². The van der Waals surface area contributed by atoms with Crippen LogP contribution in [0.15, 0.2) is 24.3 Å². The van der Waals surface area contributed by atoms with Crippen molar-refractivity contribution in [3.63, 3.8) is 0 Å². The predicted octanol–water partition coefficient (Wildman–Crippen LogP) is 0.933. The zero-order valence-electron chi connectivity index (χ0n) is 6.07. The second-order valence-electron chi connectivity index (χ2n) is 2.23. The van der Waals surface area contributed by atoms with Crippen LogP contribution in [0.2, 0.25) is 0 Å². The second kappa shape index (κ2) is 3.39. The molecule has 1 aromatic rings. The highest BCUT2D eigenvalue weighted by atomic mass is 32.2. The van der Waals surface area contributed by atoms with Gasteiger partial charge in [0.1, 0.15) is 0 Å².